The van der Waals surface area contributed by atoms with Crippen LogP contribution in [0.5, 0.6) is 5.75 Å². The van der Waals surface area contributed by atoms with Crippen molar-refractivity contribution in [1.29, 1.82) is 0 Å². The molecule has 2 nitrogen and oxygen atoms in total. The molecule has 2 heterocycles. The molecule has 0 spiro atoms. The summed E-state index contributed by atoms with van der Waals surface area (Å²) in [5.41, 5.74) is 2.74. The smallest absolute Gasteiger partial charge is 0.122 e. The highest BCUT2D eigenvalue weighted by atomic mass is 79.9. The van der Waals surface area contributed by atoms with Gasteiger partial charge in [-0.15, -0.1) is 0 Å². The van der Waals surface area contributed by atoms with E-state index in [1.54, 1.807) is 0 Å². The second-order valence-corrected chi connectivity index (χ2v) is 6.60. The first-order valence-electron chi connectivity index (χ1n) is 7.34. The van der Waals surface area contributed by atoms with Crippen molar-refractivity contribution in [3.05, 3.63) is 29.3 Å². The highest BCUT2D eigenvalue weighted by Crippen LogP contribution is 2.34. The van der Waals surface area contributed by atoms with Gasteiger partial charge in [-0.1, -0.05) is 28.1 Å². The summed E-state index contributed by atoms with van der Waals surface area (Å²) >= 11 is 3.82. The van der Waals surface area contributed by atoms with E-state index >= 15 is 0 Å². The Kier molecular flexibility index (Phi) is 4.44. The molecule has 3 rings (SSSR count). The van der Waals surface area contributed by atoms with Gasteiger partial charge in [-0.05, 0) is 55.7 Å². The molecule has 1 fully saturated rings. The maximum absolute atomic E-state index is 5.69. The lowest BCUT2D eigenvalue weighted by Crippen LogP contribution is -2.09. The van der Waals surface area contributed by atoms with Gasteiger partial charge >= 0.3 is 0 Å². The molecule has 0 radical (unpaired) electrons. The van der Waals surface area contributed by atoms with Crippen LogP contribution in [0.4, 0.5) is 0 Å². The molecule has 3 heteroatoms. The molecule has 0 bridgehead atoms. The van der Waals surface area contributed by atoms with Crippen molar-refractivity contribution in [3.8, 4) is 5.75 Å². The zero-order valence-corrected chi connectivity index (χ0v) is 12.8. The predicted octanol–water partition coefficient (Wildman–Crippen LogP) is 4.41. The molecular weight excluding hydrogens is 304 g/mol. The van der Waals surface area contributed by atoms with Crippen molar-refractivity contribution in [2.75, 3.05) is 13.2 Å². The van der Waals surface area contributed by atoms with E-state index in [0.717, 1.165) is 44.6 Å². The van der Waals surface area contributed by atoms with Gasteiger partial charge in [0.05, 0.1) is 12.7 Å². The first-order valence-corrected chi connectivity index (χ1v) is 8.26. The lowest BCUT2D eigenvalue weighted by atomic mass is 9.99. The van der Waals surface area contributed by atoms with E-state index in [4.69, 9.17) is 9.47 Å². The lowest BCUT2D eigenvalue weighted by Gasteiger charge is -2.20. The lowest BCUT2D eigenvalue weighted by molar-refractivity contribution is 0.102. The highest BCUT2D eigenvalue weighted by molar-refractivity contribution is 9.09. The normalized spacial score (nSPS) is 23.7. The van der Waals surface area contributed by atoms with Crippen LogP contribution in [0.2, 0.25) is 0 Å². The number of aryl methyl sites for hydroxylation is 1. The van der Waals surface area contributed by atoms with Crippen LogP contribution in [0.3, 0.4) is 0 Å². The number of hydrogen-bond acceptors (Lipinski definition) is 2. The van der Waals surface area contributed by atoms with Crippen LogP contribution in [0.15, 0.2) is 18.2 Å². The van der Waals surface area contributed by atoms with Crippen molar-refractivity contribution in [3.63, 3.8) is 0 Å². The van der Waals surface area contributed by atoms with E-state index in [0.29, 0.717) is 10.9 Å². The summed E-state index contributed by atoms with van der Waals surface area (Å²) in [5, 5.41) is 0. The van der Waals surface area contributed by atoms with E-state index < -0.39 is 0 Å². The van der Waals surface area contributed by atoms with Crippen molar-refractivity contribution in [2.24, 2.45) is 0 Å². The van der Waals surface area contributed by atoms with Crippen molar-refractivity contribution < 1.29 is 9.47 Å². The fraction of sp³-hybridized carbons (Fsp3) is 0.625. The average molecular weight is 325 g/mol. The molecular formula is C16H21BrO2. The van der Waals surface area contributed by atoms with Crippen LogP contribution in [0, 0.1) is 0 Å². The third kappa shape index (κ3) is 3.32. The minimum absolute atomic E-state index is 0.434. The molecule has 0 aliphatic carbocycles. The Morgan fingerprint density at radius 1 is 1.26 bits per heavy atom. The summed E-state index contributed by atoms with van der Waals surface area (Å²) in [6.45, 7) is 1.82. The number of rotatable bonds is 4. The molecule has 2 atom stereocenters. The van der Waals surface area contributed by atoms with Gasteiger partial charge in [0.15, 0.2) is 0 Å². The molecule has 0 N–H and O–H groups in total. The van der Waals surface area contributed by atoms with Crippen LogP contribution in [-0.4, -0.2) is 19.3 Å². The Labute approximate surface area is 123 Å². The van der Waals surface area contributed by atoms with Crippen LogP contribution < -0.4 is 4.74 Å². The number of benzene rings is 1. The van der Waals surface area contributed by atoms with Gasteiger partial charge in [0, 0.05) is 11.4 Å². The fourth-order valence-electron chi connectivity index (χ4n) is 2.95. The van der Waals surface area contributed by atoms with E-state index in [9.17, 15) is 0 Å². The SMILES string of the molecule is BrC(CCC1CCCO1)c1ccc2c(c1)CCCO2. The minimum Gasteiger partial charge on any atom is -0.493 e. The summed E-state index contributed by atoms with van der Waals surface area (Å²) in [6.07, 6.45) is 7.54. The van der Waals surface area contributed by atoms with Crippen molar-refractivity contribution in [1.82, 2.24) is 0 Å². The van der Waals surface area contributed by atoms with Gasteiger partial charge in [-0.25, -0.2) is 0 Å². The maximum atomic E-state index is 5.69. The van der Waals surface area contributed by atoms with E-state index in [-0.39, 0.29) is 0 Å². The predicted molar refractivity (Wildman–Crippen MR) is 80.1 cm³/mol. The average Bonchev–Trinajstić information content (AvgIpc) is 2.97. The first kappa shape index (κ1) is 13.4. The molecule has 0 amide bonds. The van der Waals surface area contributed by atoms with Crippen molar-refractivity contribution in [2.45, 2.75) is 49.5 Å². The van der Waals surface area contributed by atoms with Gasteiger partial charge in [-0.3, -0.25) is 0 Å². The van der Waals surface area contributed by atoms with E-state index in [1.807, 2.05) is 0 Å². The van der Waals surface area contributed by atoms with Gasteiger partial charge in [0.2, 0.25) is 0 Å². The Balaban J connectivity index is 1.60. The standard InChI is InChI=1S/C16H21BrO2/c17-15(7-6-14-4-2-9-18-14)12-5-8-16-13(11-12)3-1-10-19-16/h5,8,11,14-15H,1-4,6-7,9-10H2. The molecule has 1 aromatic carbocycles. The van der Waals surface area contributed by atoms with Crippen LogP contribution in [0.1, 0.15) is 48.1 Å². The third-order valence-electron chi connectivity index (χ3n) is 4.06. The van der Waals surface area contributed by atoms with Gasteiger partial charge < -0.3 is 9.47 Å². The molecule has 1 aromatic rings. The first-order chi connectivity index (χ1) is 9.33. The molecule has 0 saturated carbocycles. The number of halogens is 1. The Hall–Kier alpha value is -0.540. The summed E-state index contributed by atoms with van der Waals surface area (Å²) in [5.74, 6) is 1.08. The van der Waals surface area contributed by atoms with Crippen LogP contribution in [-0.2, 0) is 11.2 Å². The summed E-state index contributed by atoms with van der Waals surface area (Å²) in [7, 11) is 0. The van der Waals surface area contributed by atoms with E-state index in [1.165, 1.54) is 24.0 Å². The molecule has 2 aliphatic heterocycles. The number of ether oxygens (including phenoxy) is 2. The zero-order valence-electron chi connectivity index (χ0n) is 11.2. The van der Waals surface area contributed by atoms with Gasteiger partial charge in [0.25, 0.3) is 0 Å². The third-order valence-corrected chi connectivity index (χ3v) is 5.05. The summed E-state index contributed by atoms with van der Waals surface area (Å²) < 4.78 is 11.4. The second-order valence-electron chi connectivity index (χ2n) is 5.50. The summed E-state index contributed by atoms with van der Waals surface area (Å²) in [6, 6.07) is 6.63. The van der Waals surface area contributed by atoms with E-state index in [2.05, 4.69) is 34.1 Å². The minimum atomic E-state index is 0.434. The molecule has 2 aliphatic rings. The fourth-order valence-corrected chi connectivity index (χ4v) is 3.50. The van der Waals surface area contributed by atoms with Gasteiger partial charge in [0.1, 0.15) is 5.75 Å². The molecule has 19 heavy (non-hydrogen) atoms. The van der Waals surface area contributed by atoms with Gasteiger partial charge in [-0.2, -0.15) is 0 Å². The summed E-state index contributed by atoms with van der Waals surface area (Å²) in [4.78, 5) is 0.434. The molecule has 104 valence electrons. The topological polar surface area (TPSA) is 18.5 Å². The van der Waals surface area contributed by atoms with Crippen molar-refractivity contribution >= 4 is 15.9 Å². The Morgan fingerprint density at radius 3 is 3.05 bits per heavy atom. The quantitative estimate of drug-likeness (QED) is 0.764. The van der Waals surface area contributed by atoms with Crippen LogP contribution in [0.25, 0.3) is 0 Å². The zero-order chi connectivity index (χ0) is 13.1. The monoisotopic (exact) mass is 324 g/mol. The van der Waals surface area contributed by atoms with Crippen LogP contribution >= 0.6 is 15.9 Å². The molecule has 0 aromatic heterocycles. The molecule has 1 saturated heterocycles. The Morgan fingerprint density at radius 2 is 2.21 bits per heavy atom. The number of hydrogen-bond donors (Lipinski definition) is 0. The largest absolute Gasteiger partial charge is 0.493 e. The Bertz CT molecular complexity index is 427. The number of alkyl halides is 1. The highest BCUT2D eigenvalue weighted by Gasteiger charge is 2.19. The maximum Gasteiger partial charge on any atom is 0.122 e. The second kappa shape index (κ2) is 6.27. The molecule has 2 unspecified atom stereocenters. The number of fused-ring (bicyclic) bond motifs is 1.